The summed E-state index contributed by atoms with van der Waals surface area (Å²) in [5, 5.41) is 6.02. The molecular formula is C21H23IrN6O5-. The summed E-state index contributed by atoms with van der Waals surface area (Å²) < 4.78 is 9.35. The van der Waals surface area contributed by atoms with Crippen LogP contribution in [0.25, 0.3) is 16.6 Å². The summed E-state index contributed by atoms with van der Waals surface area (Å²) in [6, 6.07) is 6.53. The molecule has 0 unspecified atom stereocenters. The number of amides is 2. The van der Waals surface area contributed by atoms with Crippen LogP contribution in [0.1, 0.15) is 22.3 Å². The number of pyridine rings is 1. The molecule has 0 aliphatic heterocycles. The third kappa shape index (κ3) is 7.28. The third-order valence-corrected chi connectivity index (χ3v) is 4.28. The molecule has 12 heteroatoms. The number of benzene rings is 1. The zero-order chi connectivity index (χ0) is 23.5. The van der Waals surface area contributed by atoms with E-state index in [1.54, 1.807) is 18.3 Å². The van der Waals surface area contributed by atoms with Gasteiger partial charge < -0.3 is 20.5 Å². The van der Waals surface area contributed by atoms with Gasteiger partial charge in [0.2, 0.25) is 0 Å². The first-order valence-electron chi connectivity index (χ1n) is 9.43. The number of urea groups is 1. The van der Waals surface area contributed by atoms with Crippen LogP contribution in [-0.2, 0) is 40.8 Å². The van der Waals surface area contributed by atoms with Crippen molar-refractivity contribution in [3.63, 3.8) is 0 Å². The molecular weight excluding hydrogens is 608 g/mol. The maximum Gasteiger partial charge on any atom is 0.343 e. The number of hydrogen-bond acceptors (Lipinski definition) is 8. The second-order valence-electron chi connectivity index (χ2n) is 6.10. The molecule has 3 rings (SSSR count). The van der Waals surface area contributed by atoms with Crippen molar-refractivity contribution in [3.8, 4) is 0 Å². The van der Waals surface area contributed by atoms with Crippen molar-refractivity contribution in [3.05, 3.63) is 59.8 Å². The number of anilines is 2. The number of fused-ring (bicyclic) bond motifs is 1. The maximum atomic E-state index is 12.5. The van der Waals surface area contributed by atoms with Gasteiger partial charge in [-0.2, -0.15) is 7.05 Å². The van der Waals surface area contributed by atoms with E-state index in [4.69, 9.17) is 5.73 Å². The third-order valence-electron chi connectivity index (χ3n) is 4.28. The minimum Gasteiger partial charge on any atom is -0.680 e. The van der Waals surface area contributed by atoms with Crippen molar-refractivity contribution < 1.29 is 44.0 Å². The fraction of sp³-hybridized carbons (Fsp3) is 0.238. The number of aryl methyl sites for hydroxylation is 1. The van der Waals surface area contributed by atoms with E-state index in [0.29, 0.717) is 17.6 Å². The number of methoxy groups -OCH3 is 2. The van der Waals surface area contributed by atoms with Crippen molar-refractivity contribution in [2.75, 3.05) is 31.9 Å². The van der Waals surface area contributed by atoms with Crippen molar-refractivity contribution in [1.82, 2.24) is 15.0 Å². The first-order chi connectivity index (χ1) is 15.5. The molecule has 0 spiro atoms. The van der Waals surface area contributed by atoms with E-state index >= 15 is 0 Å². The summed E-state index contributed by atoms with van der Waals surface area (Å²) >= 11 is 0. The van der Waals surface area contributed by atoms with E-state index in [0.717, 1.165) is 10.9 Å². The van der Waals surface area contributed by atoms with Crippen LogP contribution >= 0.6 is 0 Å². The van der Waals surface area contributed by atoms with Gasteiger partial charge in [0.05, 0.1) is 25.4 Å². The van der Waals surface area contributed by atoms with Gasteiger partial charge in [-0.15, -0.1) is 0 Å². The molecule has 1 radical (unpaired) electrons. The molecule has 0 saturated heterocycles. The van der Waals surface area contributed by atoms with E-state index in [1.165, 1.54) is 33.8 Å². The van der Waals surface area contributed by atoms with Crippen LogP contribution in [-0.4, -0.2) is 54.2 Å². The van der Waals surface area contributed by atoms with Crippen LogP contribution in [0.3, 0.4) is 0 Å². The zero-order valence-electron chi connectivity index (χ0n) is 18.2. The smallest absolute Gasteiger partial charge is 0.343 e. The summed E-state index contributed by atoms with van der Waals surface area (Å²) in [6.45, 7) is 0. The Morgan fingerprint density at radius 3 is 2.48 bits per heavy atom. The SMILES string of the molecule is COC(=O)CCc1ccc(NC(=O)Nc2ncncc2C(=O)OC)c2ncccc12.C[NH-].[Ir]. The Bertz CT molecular complexity index is 1110. The average Bonchev–Trinajstić information content (AvgIpc) is 2.84. The Labute approximate surface area is 203 Å². The van der Waals surface area contributed by atoms with Gasteiger partial charge in [-0.05, 0) is 24.1 Å². The number of nitrogens with zero attached hydrogens (tertiary/aromatic N) is 3. The fourth-order valence-corrected chi connectivity index (χ4v) is 2.84. The molecule has 2 heterocycles. The normalized spacial score (nSPS) is 9.58. The van der Waals surface area contributed by atoms with Crippen LogP contribution in [0.5, 0.6) is 0 Å². The summed E-state index contributed by atoms with van der Waals surface area (Å²) in [4.78, 5) is 47.8. The number of aromatic nitrogens is 3. The van der Waals surface area contributed by atoms with E-state index in [2.05, 4.69) is 35.1 Å². The standard InChI is InChI=1S/C20H19N5O5.CH4N.Ir/c1-29-16(26)8-6-12-5-7-15(17-13(12)4-3-9-22-17)24-20(28)25-18-14(19(27)30-2)10-21-11-23-18;1-2;/h3-5,7,9-11H,6,8H2,1-2H3,(H2,21,23,24,25,28);2H,1H3;/q;-1;. The molecule has 33 heavy (non-hydrogen) atoms. The summed E-state index contributed by atoms with van der Waals surface area (Å²) in [5.41, 5.74) is 7.69. The summed E-state index contributed by atoms with van der Waals surface area (Å²) in [6.07, 6.45) is 4.77. The Morgan fingerprint density at radius 2 is 1.79 bits per heavy atom. The van der Waals surface area contributed by atoms with Gasteiger partial charge in [0.15, 0.2) is 5.82 Å². The van der Waals surface area contributed by atoms with E-state index in [1.807, 2.05) is 12.1 Å². The van der Waals surface area contributed by atoms with Crippen LogP contribution in [0.15, 0.2) is 43.0 Å². The van der Waals surface area contributed by atoms with Crippen LogP contribution in [0.2, 0.25) is 0 Å². The molecule has 0 atom stereocenters. The Hall–Kier alpha value is -3.47. The molecule has 0 fully saturated rings. The average molecular weight is 632 g/mol. The van der Waals surface area contributed by atoms with Crippen LogP contribution < -0.4 is 10.6 Å². The number of ether oxygens (including phenoxy) is 2. The van der Waals surface area contributed by atoms with Gasteiger partial charge >= 0.3 is 18.0 Å². The van der Waals surface area contributed by atoms with Crippen molar-refractivity contribution in [2.24, 2.45) is 0 Å². The number of carbonyl (C=O) groups is 3. The van der Waals surface area contributed by atoms with Gasteiger partial charge in [-0.25, -0.2) is 19.6 Å². The number of nitrogens with one attached hydrogen (secondary N) is 3. The number of hydrogen-bond donors (Lipinski definition) is 2. The molecule has 0 aliphatic rings. The first kappa shape index (κ1) is 27.6. The first-order valence-corrected chi connectivity index (χ1v) is 9.43. The van der Waals surface area contributed by atoms with Crippen LogP contribution in [0, 0.1) is 0 Å². The van der Waals surface area contributed by atoms with E-state index < -0.39 is 12.0 Å². The monoisotopic (exact) mass is 632 g/mol. The molecule has 2 amide bonds. The molecule has 1 aromatic carbocycles. The topological polar surface area (TPSA) is 156 Å². The van der Waals surface area contributed by atoms with E-state index in [-0.39, 0.29) is 43.9 Å². The largest absolute Gasteiger partial charge is 0.680 e. The quantitative estimate of drug-likeness (QED) is 0.393. The molecule has 0 bridgehead atoms. The van der Waals surface area contributed by atoms with Gasteiger partial charge in [0.1, 0.15) is 11.9 Å². The second kappa shape index (κ2) is 13.8. The molecule has 3 aromatic rings. The zero-order valence-corrected chi connectivity index (χ0v) is 20.6. The van der Waals surface area contributed by atoms with Gasteiger partial charge in [-0.1, -0.05) is 12.1 Å². The van der Waals surface area contributed by atoms with Crippen molar-refractivity contribution >= 4 is 40.4 Å². The van der Waals surface area contributed by atoms with E-state index in [9.17, 15) is 14.4 Å². The number of esters is 2. The molecule has 3 N–H and O–H groups in total. The fourth-order valence-electron chi connectivity index (χ4n) is 2.84. The molecule has 0 saturated carbocycles. The van der Waals surface area contributed by atoms with Crippen molar-refractivity contribution in [2.45, 2.75) is 12.8 Å². The van der Waals surface area contributed by atoms with Gasteiger partial charge in [0.25, 0.3) is 0 Å². The Kier molecular flexibility index (Phi) is 11.6. The van der Waals surface area contributed by atoms with Gasteiger partial charge in [-0.3, -0.25) is 15.1 Å². The number of rotatable bonds is 6. The predicted molar refractivity (Wildman–Crippen MR) is 118 cm³/mol. The minimum absolute atomic E-state index is 0. The van der Waals surface area contributed by atoms with Crippen molar-refractivity contribution in [1.29, 1.82) is 0 Å². The molecule has 2 aromatic heterocycles. The second-order valence-corrected chi connectivity index (χ2v) is 6.10. The Morgan fingerprint density at radius 1 is 1.03 bits per heavy atom. The molecule has 177 valence electrons. The Balaban J connectivity index is 0.00000177. The van der Waals surface area contributed by atoms with Gasteiger partial charge in [0, 0.05) is 44.3 Å². The molecule has 11 nitrogen and oxygen atoms in total. The summed E-state index contributed by atoms with van der Waals surface area (Å²) in [7, 11) is 3.82. The maximum absolute atomic E-state index is 12.5. The van der Waals surface area contributed by atoms with Crippen LogP contribution in [0.4, 0.5) is 16.3 Å². The number of carbonyl (C=O) groups excluding carboxylic acids is 3. The minimum atomic E-state index is -0.673. The summed E-state index contributed by atoms with van der Waals surface area (Å²) in [5.74, 6) is -0.964. The molecule has 0 aliphatic carbocycles. The predicted octanol–water partition coefficient (Wildman–Crippen LogP) is 3.23.